The smallest absolute Gasteiger partial charge is 0.270 e. The van der Waals surface area contributed by atoms with E-state index >= 15 is 0 Å². The number of aliphatic hydroxyl groups is 1. The van der Waals surface area contributed by atoms with Gasteiger partial charge in [0.1, 0.15) is 23.8 Å². The third kappa shape index (κ3) is 3.34. The van der Waals surface area contributed by atoms with Gasteiger partial charge >= 0.3 is 0 Å². The van der Waals surface area contributed by atoms with Crippen LogP contribution in [0.25, 0.3) is 11.5 Å². The lowest BCUT2D eigenvalue weighted by atomic mass is 9.79. The van der Waals surface area contributed by atoms with Crippen molar-refractivity contribution in [2.45, 2.75) is 51.0 Å². The van der Waals surface area contributed by atoms with E-state index in [-0.39, 0.29) is 23.4 Å². The summed E-state index contributed by atoms with van der Waals surface area (Å²) in [5.74, 6) is -0.234. The number of amides is 1. The summed E-state index contributed by atoms with van der Waals surface area (Å²) < 4.78 is 5.44. The zero-order chi connectivity index (χ0) is 18.2. The summed E-state index contributed by atoms with van der Waals surface area (Å²) in [5.41, 5.74) is 5.82. The molecular weight excluding hydrogens is 324 g/mol. The molecule has 0 saturated heterocycles. The number of carbonyl (C=O) groups excluding carboxylic acids is 2. The van der Waals surface area contributed by atoms with E-state index < -0.39 is 11.5 Å². The van der Waals surface area contributed by atoms with Crippen molar-refractivity contribution in [2.24, 2.45) is 11.7 Å². The molecule has 8 heteroatoms. The van der Waals surface area contributed by atoms with Crippen LogP contribution in [0, 0.1) is 5.92 Å². The van der Waals surface area contributed by atoms with Crippen molar-refractivity contribution in [3.05, 3.63) is 23.3 Å². The number of oxazole rings is 1. The van der Waals surface area contributed by atoms with Gasteiger partial charge in [0.05, 0.1) is 11.3 Å². The fraction of sp³-hybridized carbons (Fsp3) is 0.529. The first-order valence-corrected chi connectivity index (χ1v) is 8.33. The molecule has 0 atom stereocenters. The maximum atomic E-state index is 11.3. The van der Waals surface area contributed by atoms with Crippen molar-refractivity contribution in [1.29, 1.82) is 0 Å². The minimum atomic E-state index is -1.22. The topological polar surface area (TPSA) is 135 Å². The molecule has 1 amide bonds. The zero-order valence-corrected chi connectivity index (χ0v) is 14.3. The molecule has 0 aromatic carbocycles. The third-order valence-corrected chi connectivity index (χ3v) is 4.72. The first kappa shape index (κ1) is 17.3. The lowest BCUT2D eigenvalue weighted by Crippen LogP contribution is -2.18. The highest BCUT2D eigenvalue weighted by atomic mass is 16.3. The Kier molecular flexibility index (Phi) is 4.47. The molecule has 3 rings (SSSR count). The summed E-state index contributed by atoms with van der Waals surface area (Å²) in [5, 5.41) is 17.7. The van der Waals surface area contributed by atoms with E-state index in [9.17, 15) is 14.7 Å². The van der Waals surface area contributed by atoms with Gasteiger partial charge in [-0.25, -0.2) is 4.98 Å². The van der Waals surface area contributed by atoms with Crippen LogP contribution in [-0.4, -0.2) is 32.5 Å². The van der Waals surface area contributed by atoms with E-state index in [0.717, 1.165) is 37.7 Å². The number of rotatable bonds is 5. The standard InChI is InChI=1S/C17H22N4O4/c1-17(2,24)14-12(16-19-11(8-25-16)15(18)23)13(20-21-14)10-5-3-9(7-22)4-6-10/h7-10,24H,3-6H2,1-2H3,(H2,18,23)(H,20,21). The minimum Gasteiger partial charge on any atom is -0.443 e. The van der Waals surface area contributed by atoms with Gasteiger partial charge in [-0.1, -0.05) is 0 Å². The van der Waals surface area contributed by atoms with Crippen LogP contribution in [0.2, 0.25) is 0 Å². The van der Waals surface area contributed by atoms with E-state index in [1.54, 1.807) is 13.8 Å². The van der Waals surface area contributed by atoms with Crippen LogP contribution in [0.4, 0.5) is 0 Å². The van der Waals surface area contributed by atoms with Crippen molar-refractivity contribution in [3.63, 3.8) is 0 Å². The largest absolute Gasteiger partial charge is 0.443 e. The van der Waals surface area contributed by atoms with Crippen LogP contribution < -0.4 is 5.73 Å². The molecule has 0 unspecified atom stereocenters. The number of aromatic nitrogens is 3. The summed E-state index contributed by atoms with van der Waals surface area (Å²) in [6.45, 7) is 3.25. The predicted octanol–water partition coefficient (Wildman–Crippen LogP) is 1.86. The van der Waals surface area contributed by atoms with E-state index in [4.69, 9.17) is 10.2 Å². The summed E-state index contributed by atoms with van der Waals surface area (Å²) in [6, 6.07) is 0. The molecule has 2 aromatic heterocycles. The van der Waals surface area contributed by atoms with Crippen LogP contribution in [0.15, 0.2) is 10.7 Å². The normalized spacial score (nSPS) is 21.2. The molecule has 0 radical (unpaired) electrons. The Hall–Kier alpha value is -2.48. The molecule has 0 aliphatic heterocycles. The Bertz CT molecular complexity index is 779. The summed E-state index contributed by atoms with van der Waals surface area (Å²) in [4.78, 5) is 26.4. The first-order valence-electron chi connectivity index (χ1n) is 8.33. The second kappa shape index (κ2) is 6.44. The van der Waals surface area contributed by atoms with Gasteiger partial charge in [0.2, 0.25) is 5.89 Å². The fourth-order valence-corrected chi connectivity index (χ4v) is 3.36. The number of aldehydes is 1. The summed E-state index contributed by atoms with van der Waals surface area (Å²) >= 11 is 0. The molecule has 1 fully saturated rings. The Morgan fingerprint density at radius 3 is 2.60 bits per heavy atom. The molecule has 1 aliphatic rings. The number of carbonyl (C=O) groups is 2. The second-order valence-electron chi connectivity index (χ2n) is 7.07. The van der Waals surface area contributed by atoms with E-state index in [1.165, 1.54) is 6.26 Å². The minimum absolute atomic E-state index is 0.0218. The summed E-state index contributed by atoms with van der Waals surface area (Å²) in [7, 11) is 0. The first-order chi connectivity index (χ1) is 11.8. The van der Waals surface area contributed by atoms with Gasteiger partial charge in [-0.3, -0.25) is 9.89 Å². The Morgan fingerprint density at radius 2 is 2.08 bits per heavy atom. The lowest BCUT2D eigenvalue weighted by Gasteiger charge is -2.25. The van der Waals surface area contributed by atoms with E-state index in [0.29, 0.717) is 11.3 Å². The van der Waals surface area contributed by atoms with E-state index in [1.807, 2.05) is 0 Å². The quantitative estimate of drug-likeness (QED) is 0.707. The highest BCUT2D eigenvalue weighted by molar-refractivity contribution is 5.91. The molecule has 8 nitrogen and oxygen atoms in total. The summed E-state index contributed by atoms with van der Waals surface area (Å²) in [6.07, 6.45) is 5.48. The number of H-pyrrole nitrogens is 1. The molecule has 2 aromatic rings. The predicted molar refractivity (Wildman–Crippen MR) is 88.6 cm³/mol. The fourth-order valence-electron chi connectivity index (χ4n) is 3.36. The molecular formula is C17H22N4O4. The van der Waals surface area contributed by atoms with Gasteiger partial charge in [-0.15, -0.1) is 0 Å². The van der Waals surface area contributed by atoms with Gasteiger partial charge < -0.3 is 20.1 Å². The van der Waals surface area contributed by atoms with Crippen molar-refractivity contribution in [3.8, 4) is 11.5 Å². The number of primary amides is 1. The number of aromatic amines is 1. The van der Waals surface area contributed by atoms with Crippen LogP contribution in [-0.2, 0) is 10.4 Å². The maximum Gasteiger partial charge on any atom is 0.270 e. The number of hydrogen-bond donors (Lipinski definition) is 3. The molecule has 2 heterocycles. The Labute approximate surface area is 144 Å². The number of nitrogens with one attached hydrogen (secondary N) is 1. The van der Waals surface area contributed by atoms with Crippen molar-refractivity contribution < 1.29 is 19.1 Å². The highest BCUT2D eigenvalue weighted by Gasteiger charge is 2.34. The average Bonchev–Trinajstić information content (AvgIpc) is 3.21. The van der Waals surface area contributed by atoms with Crippen LogP contribution in [0.3, 0.4) is 0 Å². The van der Waals surface area contributed by atoms with E-state index in [2.05, 4.69) is 15.2 Å². The molecule has 25 heavy (non-hydrogen) atoms. The average molecular weight is 346 g/mol. The molecule has 134 valence electrons. The van der Waals surface area contributed by atoms with Crippen LogP contribution >= 0.6 is 0 Å². The Balaban J connectivity index is 2.03. The van der Waals surface area contributed by atoms with Crippen LogP contribution in [0.1, 0.15) is 67.3 Å². The molecule has 0 spiro atoms. The Morgan fingerprint density at radius 1 is 1.40 bits per heavy atom. The van der Waals surface area contributed by atoms with Crippen molar-refractivity contribution in [2.75, 3.05) is 0 Å². The second-order valence-corrected chi connectivity index (χ2v) is 7.07. The number of hydrogen-bond acceptors (Lipinski definition) is 6. The molecule has 0 bridgehead atoms. The third-order valence-electron chi connectivity index (χ3n) is 4.72. The van der Waals surface area contributed by atoms with Crippen molar-refractivity contribution in [1.82, 2.24) is 15.2 Å². The monoisotopic (exact) mass is 346 g/mol. The molecule has 1 saturated carbocycles. The van der Waals surface area contributed by atoms with Gasteiger partial charge in [0.15, 0.2) is 5.69 Å². The van der Waals surface area contributed by atoms with Gasteiger partial charge in [0.25, 0.3) is 5.91 Å². The lowest BCUT2D eigenvalue weighted by molar-refractivity contribution is -0.111. The van der Waals surface area contributed by atoms with Crippen molar-refractivity contribution >= 4 is 12.2 Å². The highest BCUT2D eigenvalue weighted by Crippen LogP contribution is 2.41. The molecule has 4 N–H and O–H groups in total. The van der Waals surface area contributed by atoms with Crippen LogP contribution in [0.5, 0.6) is 0 Å². The zero-order valence-electron chi connectivity index (χ0n) is 14.3. The number of nitrogens with two attached hydrogens (primary N) is 1. The SMILES string of the molecule is CC(C)(O)c1n[nH]c(C2CCC(C=O)CC2)c1-c1nc(C(N)=O)co1. The molecule has 1 aliphatic carbocycles. The van der Waals surface area contributed by atoms with Gasteiger partial charge in [0, 0.05) is 11.8 Å². The number of nitrogens with zero attached hydrogens (tertiary/aromatic N) is 2. The van der Waals surface area contributed by atoms with Gasteiger partial charge in [-0.05, 0) is 39.5 Å². The van der Waals surface area contributed by atoms with Gasteiger partial charge in [-0.2, -0.15) is 5.10 Å². The maximum absolute atomic E-state index is 11.3.